The fourth-order valence-corrected chi connectivity index (χ4v) is 3.40. The molecule has 1 aromatic rings. The lowest BCUT2D eigenvalue weighted by molar-refractivity contribution is 0.293. The Kier molecular flexibility index (Phi) is 3.02. The Hall–Kier alpha value is -0.550. The van der Waals surface area contributed by atoms with Crippen LogP contribution in [0.5, 0.6) is 0 Å². The Bertz CT molecular complexity index is 386. The highest BCUT2D eigenvalue weighted by atomic mass is 79.9. The number of hydrogen-bond acceptors (Lipinski definition) is 4. The van der Waals surface area contributed by atoms with Crippen LogP contribution >= 0.6 is 27.3 Å². The summed E-state index contributed by atoms with van der Waals surface area (Å²) in [5.41, 5.74) is 5.88. The van der Waals surface area contributed by atoms with Crippen LogP contribution in [-0.4, -0.2) is 23.4 Å². The summed E-state index contributed by atoms with van der Waals surface area (Å²) in [6.45, 7) is 5.06. The molecule has 1 aliphatic heterocycles. The highest BCUT2D eigenvalue weighted by Crippen LogP contribution is 2.33. The predicted molar refractivity (Wildman–Crippen MR) is 68.2 cm³/mol. The molecule has 82 valence electrons. The molecule has 0 saturated heterocycles. The lowest BCUT2D eigenvalue weighted by Crippen LogP contribution is -2.40. The van der Waals surface area contributed by atoms with Crippen LogP contribution in [0.2, 0.25) is 0 Å². The van der Waals surface area contributed by atoms with Crippen LogP contribution in [0.4, 0.5) is 0 Å². The average Bonchev–Trinajstić information content (AvgIpc) is 2.71. The first-order valence-corrected chi connectivity index (χ1v) is 6.59. The minimum atomic E-state index is 0.321. The number of rotatable bonds is 2. The number of aliphatic imine (C=N–C) groups is 1. The van der Waals surface area contributed by atoms with Crippen molar-refractivity contribution in [2.75, 3.05) is 6.54 Å². The number of nitrogens with two attached hydrogens (primary N) is 1. The molecule has 0 spiro atoms. The molecule has 3 nitrogen and oxygen atoms in total. The first-order chi connectivity index (χ1) is 7.09. The molecule has 2 rings (SSSR count). The van der Waals surface area contributed by atoms with Crippen LogP contribution in [-0.2, 0) is 0 Å². The Morgan fingerprint density at radius 1 is 1.67 bits per heavy atom. The van der Waals surface area contributed by atoms with Crippen molar-refractivity contribution in [3.05, 3.63) is 20.8 Å². The van der Waals surface area contributed by atoms with Crippen molar-refractivity contribution in [1.29, 1.82) is 0 Å². The average molecular weight is 288 g/mol. The smallest absolute Gasteiger partial charge is 0.192 e. The molecule has 1 aromatic heterocycles. The molecule has 0 fully saturated rings. The monoisotopic (exact) mass is 287 g/mol. The minimum absolute atomic E-state index is 0.321. The van der Waals surface area contributed by atoms with Gasteiger partial charge >= 0.3 is 0 Å². The number of guanidine groups is 1. The van der Waals surface area contributed by atoms with Crippen LogP contribution in [0.3, 0.4) is 0 Å². The second-order valence-corrected chi connectivity index (χ2v) is 5.74. The molecule has 1 unspecified atom stereocenters. The number of hydrogen-bond donors (Lipinski definition) is 1. The van der Waals surface area contributed by atoms with E-state index in [1.54, 1.807) is 11.3 Å². The molecule has 1 atom stereocenters. The van der Waals surface area contributed by atoms with Gasteiger partial charge in [0.2, 0.25) is 0 Å². The molecule has 0 amide bonds. The quantitative estimate of drug-likeness (QED) is 0.908. The maximum atomic E-state index is 5.88. The van der Waals surface area contributed by atoms with E-state index in [0.717, 1.165) is 11.0 Å². The molecule has 2 N–H and O–H groups in total. The van der Waals surface area contributed by atoms with Gasteiger partial charge in [0.05, 0.1) is 12.6 Å². The SMILES string of the molecule is CC(C)N1C(N)=NCC1c1cc(Br)cs1. The van der Waals surface area contributed by atoms with Crippen LogP contribution in [0.25, 0.3) is 0 Å². The van der Waals surface area contributed by atoms with Crippen molar-refractivity contribution in [3.63, 3.8) is 0 Å². The second kappa shape index (κ2) is 4.14. The molecule has 0 radical (unpaired) electrons. The molecule has 0 aliphatic carbocycles. The molecule has 15 heavy (non-hydrogen) atoms. The zero-order valence-corrected chi connectivity index (χ0v) is 11.2. The topological polar surface area (TPSA) is 41.6 Å². The Balaban J connectivity index is 2.24. The summed E-state index contributed by atoms with van der Waals surface area (Å²) in [5, 5.41) is 2.10. The van der Waals surface area contributed by atoms with E-state index in [0.29, 0.717) is 18.0 Å². The van der Waals surface area contributed by atoms with Gasteiger partial charge in [0.15, 0.2) is 5.96 Å². The van der Waals surface area contributed by atoms with E-state index < -0.39 is 0 Å². The lowest BCUT2D eigenvalue weighted by Gasteiger charge is -2.29. The Labute approximate surface area is 102 Å². The molecular formula is C10H14BrN3S. The van der Waals surface area contributed by atoms with Gasteiger partial charge in [-0.3, -0.25) is 4.99 Å². The number of nitrogens with zero attached hydrogens (tertiary/aromatic N) is 2. The van der Waals surface area contributed by atoms with E-state index >= 15 is 0 Å². The van der Waals surface area contributed by atoms with E-state index in [1.165, 1.54) is 4.88 Å². The van der Waals surface area contributed by atoms with E-state index in [4.69, 9.17) is 5.73 Å². The summed E-state index contributed by atoms with van der Waals surface area (Å²) in [5.74, 6) is 0.666. The first-order valence-electron chi connectivity index (χ1n) is 4.91. The van der Waals surface area contributed by atoms with Crippen LogP contribution in [0, 0.1) is 0 Å². The molecule has 1 aliphatic rings. The zero-order valence-electron chi connectivity index (χ0n) is 8.77. The fraction of sp³-hybridized carbons (Fsp3) is 0.500. The lowest BCUT2D eigenvalue weighted by atomic mass is 10.2. The van der Waals surface area contributed by atoms with Crippen LogP contribution in [0.15, 0.2) is 20.9 Å². The van der Waals surface area contributed by atoms with Gasteiger partial charge in [-0.15, -0.1) is 11.3 Å². The van der Waals surface area contributed by atoms with Crippen molar-refractivity contribution in [1.82, 2.24) is 4.90 Å². The number of thiophene rings is 1. The summed E-state index contributed by atoms with van der Waals surface area (Å²) in [4.78, 5) is 7.82. The largest absolute Gasteiger partial charge is 0.370 e. The summed E-state index contributed by atoms with van der Waals surface area (Å²) < 4.78 is 1.14. The molecule has 5 heteroatoms. The molecule has 0 bridgehead atoms. The van der Waals surface area contributed by atoms with Gasteiger partial charge < -0.3 is 10.6 Å². The van der Waals surface area contributed by atoms with E-state index in [1.807, 2.05) is 0 Å². The molecule has 2 heterocycles. The predicted octanol–water partition coefficient (Wildman–Crippen LogP) is 2.59. The Morgan fingerprint density at radius 3 is 2.93 bits per heavy atom. The third-order valence-corrected chi connectivity index (χ3v) is 4.29. The first kappa shape index (κ1) is 11.0. The molecule has 0 aromatic carbocycles. The Morgan fingerprint density at radius 2 is 2.40 bits per heavy atom. The van der Waals surface area contributed by atoms with Crippen molar-refractivity contribution < 1.29 is 0 Å². The van der Waals surface area contributed by atoms with Crippen molar-refractivity contribution in [2.24, 2.45) is 10.7 Å². The zero-order chi connectivity index (χ0) is 11.0. The molecule has 0 saturated carbocycles. The van der Waals surface area contributed by atoms with Crippen LogP contribution < -0.4 is 5.73 Å². The van der Waals surface area contributed by atoms with Gasteiger partial charge in [0.1, 0.15) is 0 Å². The molecular weight excluding hydrogens is 274 g/mol. The third-order valence-electron chi connectivity index (χ3n) is 2.50. The van der Waals surface area contributed by atoms with Gasteiger partial charge in [-0.05, 0) is 35.8 Å². The minimum Gasteiger partial charge on any atom is -0.370 e. The summed E-state index contributed by atoms with van der Waals surface area (Å²) in [6, 6.07) is 2.86. The highest BCUT2D eigenvalue weighted by molar-refractivity contribution is 9.10. The van der Waals surface area contributed by atoms with E-state index in [-0.39, 0.29) is 0 Å². The van der Waals surface area contributed by atoms with E-state index in [2.05, 4.69) is 51.1 Å². The van der Waals surface area contributed by atoms with Crippen molar-refractivity contribution in [3.8, 4) is 0 Å². The van der Waals surface area contributed by atoms with Gasteiger partial charge in [-0.1, -0.05) is 0 Å². The summed E-state index contributed by atoms with van der Waals surface area (Å²) >= 11 is 5.23. The van der Waals surface area contributed by atoms with Gasteiger partial charge in [0.25, 0.3) is 0 Å². The third kappa shape index (κ3) is 2.03. The summed E-state index contributed by atoms with van der Waals surface area (Å²) in [7, 11) is 0. The normalized spacial score (nSPS) is 21.2. The standard InChI is InChI=1S/C10H14BrN3S/c1-6(2)14-8(4-13-10(14)12)9-3-7(11)5-15-9/h3,5-6,8H,4H2,1-2H3,(H2,12,13). The number of halogens is 1. The maximum Gasteiger partial charge on any atom is 0.192 e. The fourth-order valence-electron chi connectivity index (χ4n) is 1.86. The van der Waals surface area contributed by atoms with Gasteiger partial charge in [0, 0.05) is 20.8 Å². The highest BCUT2D eigenvalue weighted by Gasteiger charge is 2.30. The van der Waals surface area contributed by atoms with Gasteiger partial charge in [-0.2, -0.15) is 0 Å². The van der Waals surface area contributed by atoms with Crippen LogP contribution in [0.1, 0.15) is 24.8 Å². The van der Waals surface area contributed by atoms with Crippen molar-refractivity contribution in [2.45, 2.75) is 25.9 Å². The second-order valence-electron chi connectivity index (χ2n) is 3.88. The summed E-state index contributed by atoms with van der Waals surface area (Å²) in [6.07, 6.45) is 0. The van der Waals surface area contributed by atoms with Crippen molar-refractivity contribution >= 4 is 33.2 Å². The van der Waals surface area contributed by atoms with E-state index in [9.17, 15) is 0 Å². The maximum absolute atomic E-state index is 5.88. The van der Waals surface area contributed by atoms with Gasteiger partial charge in [-0.25, -0.2) is 0 Å².